The maximum atomic E-state index is 2.57. The molecule has 2 aromatic rings. The molecule has 0 nitrogen and oxygen atoms in total. The van der Waals surface area contributed by atoms with E-state index in [-0.39, 0.29) is 31.1 Å². The molecule has 3 heteroatoms. The number of rotatable bonds is 4. The Morgan fingerprint density at radius 1 is 0.452 bits per heavy atom. The van der Waals surface area contributed by atoms with Gasteiger partial charge in [0.15, 0.2) is 0 Å². The van der Waals surface area contributed by atoms with Crippen molar-refractivity contribution in [2.45, 2.75) is 47.8 Å². The zero-order valence-corrected chi connectivity index (χ0v) is 23.2. The van der Waals surface area contributed by atoms with E-state index in [0.717, 1.165) is 0 Å². The molecule has 0 N–H and O–H groups in total. The van der Waals surface area contributed by atoms with Crippen molar-refractivity contribution in [1.29, 1.82) is 0 Å². The minimum absolute atomic E-state index is 0. The van der Waals surface area contributed by atoms with Crippen LogP contribution >= 0.6 is 0 Å². The van der Waals surface area contributed by atoms with Crippen molar-refractivity contribution < 1.29 is 48.0 Å². The van der Waals surface area contributed by atoms with Crippen molar-refractivity contribution in [2.75, 3.05) is 0 Å². The SMILES string of the molecule is CC1=C[C]([Zr+2][C]2(c3ccc(C)cc3)C=C(C)C(C)=C2)(c2ccc(C)cc2)C=C1C.[Cl-].[Cl-]. The number of benzene rings is 2. The van der Waals surface area contributed by atoms with Crippen LogP contribution < -0.4 is 24.8 Å². The van der Waals surface area contributed by atoms with Gasteiger partial charge in [0.25, 0.3) is 0 Å². The van der Waals surface area contributed by atoms with Crippen LogP contribution in [0.3, 0.4) is 0 Å². The van der Waals surface area contributed by atoms with E-state index in [9.17, 15) is 0 Å². The third-order valence-corrected chi connectivity index (χ3v) is 11.4. The third-order valence-electron chi connectivity index (χ3n) is 6.49. The van der Waals surface area contributed by atoms with Crippen molar-refractivity contribution in [3.63, 3.8) is 0 Å². The molecule has 0 unspecified atom stereocenters. The molecule has 4 rings (SSSR count). The molecule has 2 aliphatic rings. The third kappa shape index (κ3) is 4.95. The Morgan fingerprint density at radius 3 is 0.968 bits per heavy atom. The van der Waals surface area contributed by atoms with Crippen molar-refractivity contribution in [3.05, 3.63) is 117 Å². The second-order valence-corrected chi connectivity index (χ2v) is 13.6. The van der Waals surface area contributed by atoms with Crippen molar-refractivity contribution in [1.82, 2.24) is 0 Å². The number of allylic oxidation sites excluding steroid dienone is 8. The van der Waals surface area contributed by atoms with Crippen LogP contribution in [0.1, 0.15) is 49.9 Å². The average molecular weight is 529 g/mol. The average Bonchev–Trinajstić information content (AvgIpc) is 3.12. The molecule has 0 atom stereocenters. The maximum absolute atomic E-state index is 2.57. The zero-order valence-electron chi connectivity index (χ0n) is 19.2. The van der Waals surface area contributed by atoms with Crippen LogP contribution in [0.2, 0.25) is 0 Å². The molecule has 2 aromatic carbocycles. The molecule has 2 aliphatic carbocycles. The van der Waals surface area contributed by atoms with E-state index in [0.29, 0.717) is 0 Å². The quantitative estimate of drug-likeness (QED) is 0.562. The number of aryl methyl sites for hydroxylation is 2. The van der Waals surface area contributed by atoms with Crippen LogP contribution in [0.4, 0.5) is 0 Å². The van der Waals surface area contributed by atoms with Gasteiger partial charge in [-0.1, -0.05) is 0 Å². The number of halogens is 2. The van der Waals surface area contributed by atoms with Gasteiger partial charge in [0.1, 0.15) is 0 Å². The standard InChI is InChI=1S/2C14H15.2ClH.Zr/c2*1-10-4-6-13(7-5-10)14-8-11(2)12(3)9-14;;;/h2*4-9H,1-3H3;2*1H;/q;;;;+2/p-2. The molecule has 31 heavy (non-hydrogen) atoms. The summed E-state index contributed by atoms with van der Waals surface area (Å²) in [6.45, 7) is 13.5. The van der Waals surface area contributed by atoms with Gasteiger partial charge in [-0.2, -0.15) is 0 Å². The molecule has 0 saturated carbocycles. The van der Waals surface area contributed by atoms with Crippen LogP contribution in [0.25, 0.3) is 0 Å². The second-order valence-electron chi connectivity index (χ2n) is 8.90. The summed E-state index contributed by atoms with van der Waals surface area (Å²) in [6.07, 6.45) is 10.3. The van der Waals surface area contributed by atoms with Gasteiger partial charge in [0.2, 0.25) is 0 Å². The van der Waals surface area contributed by atoms with Crippen molar-refractivity contribution in [3.8, 4) is 0 Å². The Balaban J connectivity index is 0.00000171. The molecule has 160 valence electrons. The van der Waals surface area contributed by atoms with E-state index in [1.165, 1.54) is 44.5 Å². The van der Waals surface area contributed by atoms with Gasteiger partial charge in [0, 0.05) is 0 Å². The van der Waals surface area contributed by atoms with Crippen LogP contribution in [0, 0.1) is 13.8 Å². The van der Waals surface area contributed by atoms with Crippen molar-refractivity contribution >= 4 is 0 Å². The predicted molar refractivity (Wildman–Crippen MR) is 121 cm³/mol. The van der Waals surface area contributed by atoms with E-state index < -0.39 is 23.2 Å². The summed E-state index contributed by atoms with van der Waals surface area (Å²) in [5.41, 5.74) is 11.3. The minimum Gasteiger partial charge on any atom is -1.00 e. The molecule has 0 aromatic heterocycles. The Hall–Kier alpha value is -1.14. The van der Waals surface area contributed by atoms with E-state index in [1.54, 1.807) is 0 Å². The Morgan fingerprint density at radius 2 is 0.710 bits per heavy atom. The van der Waals surface area contributed by atoms with Gasteiger partial charge in [-0.3, -0.25) is 0 Å². The molecule has 0 amide bonds. The Labute approximate surface area is 212 Å². The second kappa shape index (κ2) is 9.78. The van der Waals surface area contributed by atoms with Gasteiger partial charge < -0.3 is 24.8 Å². The number of hydrogen-bond acceptors (Lipinski definition) is 0. The van der Waals surface area contributed by atoms with Crippen LogP contribution in [0.5, 0.6) is 0 Å². The van der Waals surface area contributed by atoms with E-state index >= 15 is 0 Å². The first kappa shape index (κ1) is 26.1. The first-order chi connectivity index (χ1) is 13.7. The topological polar surface area (TPSA) is 0 Å². The first-order valence-electron chi connectivity index (χ1n) is 10.5. The van der Waals surface area contributed by atoms with E-state index in [4.69, 9.17) is 0 Å². The molecule has 0 saturated heterocycles. The molecule has 0 radical (unpaired) electrons. The maximum Gasteiger partial charge on any atom is -1.00 e. The van der Waals surface area contributed by atoms with Gasteiger partial charge in [0.05, 0.1) is 0 Å². The van der Waals surface area contributed by atoms with Crippen LogP contribution in [0.15, 0.2) is 95.1 Å². The largest absolute Gasteiger partial charge is 1.00 e. The molecular formula is C28H30Cl2Zr. The van der Waals surface area contributed by atoms with Crippen LogP contribution in [-0.2, 0) is 29.5 Å². The van der Waals surface area contributed by atoms with E-state index in [2.05, 4.69) is 114 Å². The van der Waals surface area contributed by atoms with Crippen LogP contribution in [-0.4, -0.2) is 0 Å². The van der Waals surface area contributed by atoms with Gasteiger partial charge in [-0.15, -0.1) is 0 Å². The Kier molecular flexibility index (Phi) is 8.24. The van der Waals surface area contributed by atoms with Gasteiger partial charge in [-0.25, -0.2) is 0 Å². The van der Waals surface area contributed by atoms with E-state index in [1.807, 2.05) is 0 Å². The fraction of sp³-hybridized carbons (Fsp3) is 0.286. The fourth-order valence-electron chi connectivity index (χ4n) is 4.53. The summed E-state index contributed by atoms with van der Waals surface area (Å²) in [5, 5.41) is 0. The summed E-state index contributed by atoms with van der Waals surface area (Å²) in [5.74, 6) is 0. The Bertz CT molecular complexity index is 944. The molecule has 0 spiro atoms. The molecule has 0 fully saturated rings. The normalized spacial score (nSPS) is 18.0. The summed E-state index contributed by atoms with van der Waals surface area (Å²) in [4.78, 5) is 0. The summed E-state index contributed by atoms with van der Waals surface area (Å²) < 4.78 is 0.155. The summed E-state index contributed by atoms with van der Waals surface area (Å²) >= 11 is -1.09. The first-order valence-corrected chi connectivity index (χ1v) is 12.9. The van der Waals surface area contributed by atoms with Gasteiger partial charge in [-0.05, 0) is 0 Å². The minimum atomic E-state index is -1.09. The van der Waals surface area contributed by atoms with Gasteiger partial charge >= 0.3 is 188 Å². The molecule has 0 heterocycles. The fourth-order valence-corrected chi connectivity index (χ4v) is 10.6. The summed E-state index contributed by atoms with van der Waals surface area (Å²) in [7, 11) is 0. The predicted octanol–water partition coefficient (Wildman–Crippen LogP) is 1.30. The monoisotopic (exact) mass is 526 g/mol. The molecular weight excluding hydrogens is 498 g/mol. The summed E-state index contributed by atoms with van der Waals surface area (Å²) in [6, 6.07) is 18.5. The number of hydrogen-bond donors (Lipinski definition) is 0. The molecule has 0 bridgehead atoms. The molecule has 0 aliphatic heterocycles. The van der Waals surface area contributed by atoms with Crippen molar-refractivity contribution in [2.24, 2.45) is 0 Å². The zero-order chi connectivity index (χ0) is 20.8. The smallest absolute Gasteiger partial charge is 1.00 e.